The fourth-order valence-corrected chi connectivity index (χ4v) is 8.93. The normalized spacial score (nSPS) is 39.4. The first-order valence-electron chi connectivity index (χ1n) is 14.4. The van der Waals surface area contributed by atoms with E-state index >= 15 is 0 Å². The van der Waals surface area contributed by atoms with Crippen LogP contribution in [-0.2, 0) is 4.74 Å². The summed E-state index contributed by atoms with van der Waals surface area (Å²) in [6, 6.07) is 4.98. The molecule has 8 unspecified atom stereocenters. The molecule has 0 amide bonds. The summed E-state index contributed by atoms with van der Waals surface area (Å²) in [6.45, 7) is 7.30. The molecule has 1 aromatic carbocycles. The van der Waals surface area contributed by atoms with Gasteiger partial charge in [0, 0.05) is 11.4 Å². The fraction of sp³-hybridized carbons (Fsp3) is 0.656. The quantitative estimate of drug-likeness (QED) is 0.187. The molecule has 5 rings (SSSR count). The molecule has 0 bridgehead atoms. The molecule has 4 N–H and O–H groups in total. The zero-order chi connectivity index (χ0) is 25.5. The summed E-state index contributed by atoms with van der Waals surface area (Å²) in [4.78, 5) is 12.8. The molecule has 8 atom stereocenters. The second kappa shape index (κ2) is 9.91. The number of ether oxygens (including phenoxy) is 1. The van der Waals surface area contributed by atoms with Gasteiger partial charge in [0.2, 0.25) is 0 Å². The maximum atomic E-state index is 12.8. The van der Waals surface area contributed by atoms with Gasteiger partial charge >= 0.3 is 5.97 Å². The van der Waals surface area contributed by atoms with E-state index in [-0.39, 0.29) is 12.1 Å². The van der Waals surface area contributed by atoms with Crippen LogP contribution in [0.4, 0.5) is 11.4 Å². The highest BCUT2D eigenvalue weighted by atomic mass is 16.5. The van der Waals surface area contributed by atoms with Crippen molar-refractivity contribution in [3.63, 3.8) is 0 Å². The van der Waals surface area contributed by atoms with E-state index in [0.717, 1.165) is 42.9 Å². The number of benzene rings is 1. The molecule has 4 heteroatoms. The number of allylic oxidation sites excluding steroid dienone is 4. The third kappa shape index (κ3) is 4.50. The molecule has 4 aliphatic rings. The van der Waals surface area contributed by atoms with Crippen LogP contribution < -0.4 is 11.5 Å². The number of carbonyl (C=O) groups excluding carboxylic acids is 1. The van der Waals surface area contributed by atoms with Gasteiger partial charge in [-0.1, -0.05) is 38.2 Å². The summed E-state index contributed by atoms with van der Waals surface area (Å²) in [5, 5.41) is 0. The Morgan fingerprint density at radius 2 is 1.72 bits per heavy atom. The molecule has 4 aliphatic carbocycles. The van der Waals surface area contributed by atoms with Gasteiger partial charge in [-0.25, -0.2) is 4.79 Å². The van der Waals surface area contributed by atoms with Crippen LogP contribution >= 0.6 is 0 Å². The molecule has 4 nitrogen and oxygen atoms in total. The van der Waals surface area contributed by atoms with Crippen molar-refractivity contribution >= 4 is 17.3 Å². The van der Waals surface area contributed by atoms with Crippen molar-refractivity contribution in [3.8, 4) is 0 Å². The van der Waals surface area contributed by atoms with Gasteiger partial charge in [-0.15, -0.1) is 0 Å². The third-order valence-corrected chi connectivity index (χ3v) is 11.0. The van der Waals surface area contributed by atoms with Crippen LogP contribution in [0.15, 0.2) is 42.5 Å². The van der Waals surface area contributed by atoms with Gasteiger partial charge in [0.05, 0.1) is 5.56 Å². The van der Waals surface area contributed by atoms with E-state index in [1.807, 2.05) is 0 Å². The lowest BCUT2D eigenvalue weighted by molar-refractivity contribution is -0.0811. The van der Waals surface area contributed by atoms with E-state index in [1.165, 1.54) is 44.9 Å². The van der Waals surface area contributed by atoms with Gasteiger partial charge in [0.15, 0.2) is 0 Å². The van der Waals surface area contributed by atoms with Crippen molar-refractivity contribution in [3.05, 3.63) is 48.1 Å². The highest BCUT2D eigenvalue weighted by molar-refractivity contribution is 5.91. The minimum Gasteiger partial charge on any atom is -0.459 e. The molecule has 3 fully saturated rings. The zero-order valence-electron chi connectivity index (χ0n) is 22.5. The lowest BCUT2D eigenvalue weighted by Crippen LogP contribution is -2.52. The Hall–Kier alpha value is -2.23. The largest absolute Gasteiger partial charge is 0.459 e. The number of carbonyl (C=O) groups is 1. The molecule has 0 aromatic heterocycles. The molecule has 0 saturated heterocycles. The number of unbranched alkanes of at least 4 members (excludes halogenated alkanes) is 1. The highest BCUT2D eigenvalue weighted by Gasteiger charge is 2.58. The second-order valence-electron chi connectivity index (χ2n) is 12.8. The van der Waals surface area contributed by atoms with Gasteiger partial charge in [0.1, 0.15) is 6.10 Å². The Morgan fingerprint density at radius 1 is 1.00 bits per heavy atom. The Kier molecular flexibility index (Phi) is 7.00. The molecule has 36 heavy (non-hydrogen) atoms. The summed E-state index contributed by atoms with van der Waals surface area (Å²) >= 11 is 0. The number of rotatable bonds is 6. The number of esters is 1. The number of nitrogen functional groups attached to an aromatic ring is 2. The van der Waals surface area contributed by atoms with Crippen LogP contribution in [-0.4, -0.2) is 12.1 Å². The molecule has 0 heterocycles. The van der Waals surface area contributed by atoms with Gasteiger partial charge < -0.3 is 16.2 Å². The predicted molar refractivity (Wildman–Crippen MR) is 148 cm³/mol. The lowest BCUT2D eigenvalue weighted by Gasteiger charge is -2.59. The minimum atomic E-state index is -0.305. The molecule has 196 valence electrons. The molecular weight excluding hydrogens is 444 g/mol. The number of fused-ring (bicyclic) bond motifs is 5. The van der Waals surface area contributed by atoms with Crippen LogP contribution in [0.2, 0.25) is 0 Å². The topological polar surface area (TPSA) is 78.3 Å². The van der Waals surface area contributed by atoms with Crippen LogP contribution in [0.3, 0.4) is 0 Å². The zero-order valence-corrected chi connectivity index (χ0v) is 22.5. The second-order valence-corrected chi connectivity index (χ2v) is 12.8. The molecule has 3 saturated carbocycles. The first-order valence-corrected chi connectivity index (χ1v) is 14.4. The summed E-state index contributed by atoms with van der Waals surface area (Å²) < 4.78 is 5.98. The van der Waals surface area contributed by atoms with Crippen LogP contribution in [0.5, 0.6) is 0 Å². The van der Waals surface area contributed by atoms with Crippen molar-refractivity contribution in [1.29, 1.82) is 0 Å². The van der Waals surface area contributed by atoms with Crippen LogP contribution in [0.1, 0.15) is 95.3 Å². The number of anilines is 2. The maximum Gasteiger partial charge on any atom is 0.338 e. The molecule has 0 radical (unpaired) electrons. The number of nitrogens with two attached hydrogens (primary N) is 2. The Morgan fingerprint density at radius 3 is 2.47 bits per heavy atom. The standard InChI is InChI=1S/C32H46N2O2/c1-4-5-6-7-8-22-10-12-28-27-11-9-23-19-26(36-30(35)21-17-24(33)20-25(34)18-21)13-15-32(23,3)29(27)14-16-31(22,28)2/h4-5,9,11,17-18,20,22-23,26-29H,6-8,10,12-16,19,33-34H2,1-3H3/b5-4-. The smallest absolute Gasteiger partial charge is 0.338 e. The lowest BCUT2D eigenvalue weighted by atomic mass is 9.46. The van der Waals surface area contributed by atoms with Crippen LogP contribution in [0.25, 0.3) is 0 Å². The average molecular weight is 491 g/mol. The summed E-state index contributed by atoms with van der Waals surface area (Å²) in [6.07, 6.45) is 22.1. The van der Waals surface area contributed by atoms with E-state index in [4.69, 9.17) is 16.2 Å². The van der Waals surface area contributed by atoms with Gasteiger partial charge in [-0.2, -0.15) is 0 Å². The monoisotopic (exact) mass is 490 g/mol. The highest BCUT2D eigenvalue weighted by Crippen LogP contribution is 2.66. The van der Waals surface area contributed by atoms with Crippen molar-refractivity contribution < 1.29 is 9.53 Å². The van der Waals surface area contributed by atoms with E-state index in [2.05, 4.69) is 45.1 Å². The average Bonchev–Trinajstić information content (AvgIpc) is 3.17. The third-order valence-electron chi connectivity index (χ3n) is 11.0. The molecular formula is C32H46N2O2. The van der Waals surface area contributed by atoms with Crippen molar-refractivity contribution in [2.45, 2.75) is 91.1 Å². The summed E-state index contributed by atoms with van der Waals surface area (Å²) in [7, 11) is 0. The van der Waals surface area contributed by atoms with Gasteiger partial charge in [-0.3, -0.25) is 0 Å². The Balaban J connectivity index is 1.26. The fourth-order valence-electron chi connectivity index (χ4n) is 8.93. The van der Waals surface area contributed by atoms with Crippen molar-refractivity contribution in [1.82, 2.24) is 0 Å². The number of hydrogen-bond donors (Lipinski definition) is 2. The Labute approximate surface area is 217 Å². The number of hydrogen-bond acceptors (Lipinski definition) is 4. The minimum absolute atomic E-state index is 0.0404. The van der Waals surface area contributed by atoms with Crippen LogP contribution in [0, 0.1) is 40.4 Å². The molecule has 0 aliphatic heterocycles. The van der Waals surface area contributed by atoms with Crippen molar-refractivity contribution in [2.24, 2.45) is 40.4 Å². The molecule has 0 spiro atoms. The predicted octanol–water partition coefficient (Wildman–Crippen LogP) is 7.56. The van der Waals surface area contributed by atoms with E-state index in [9.17, 15) is 4.79 Å². The Bertz CT molecular complexity index is 1010. The van der Waals surface area contributed by atoms with E-state index in [1.54, 1.807) is 18.2 Å². The first-order chi connectivity index (χ1) is 17.2. The summed E-state index contributed by atoms with van der Waals surface area (Å²) in [5.74, 6) is 3.39. The SMILES string of the molecule is C/C=C\CCCC1CCC2C3C=CC4CC(OC(=O)c5cc(N)cc(N)c5)CCC4(C)C3CCC12C. The maximum absolute atomic E-state index is 12.8. The van der Waals surface area contributed by atoms with Crippen molar-refractivity contribution in [2.75, 3.05) is 11.5 Å². The van der Waals surface area contributed by atoms with E-state index in [0.29, 0.717) is 33.7 Å². The van der Waals surface area contributed by atoms with E-state index < -0.39 is 0 Å². The summed E-state index contributed by atoms with van der Waals surface area (Å²) in [5.41, 5.74) is 14.0. The molecule has 1 aromatic rings. The van der Waals surface area contributed by atoms with Gasteiger partial charge in [0.25, 0.3) is 0 Å². The first kappa shape index (κ1) is 25.4. The van der Waals surface area contributed by atoms with Gasteiger partial charge in [-0.05, 0) is 130 Å².